The van der Waals surface area contributed by atoms with E-state index >= 15 is 0 Å². The molecule has 7 heteroatoms. The summed E-state index contributed by atoms with van der Waals surface area (Å²) in [6.07, 6.45) is 0.289. The van der Waals surface area contributed by atoms with Crippen molar-refractivity contribution in [2.75, 3.05) is 27.1 Å². The summed E-state index contributed by atoms with van der Waals surface area (Å²) < 4.78 is 36.2. The van der Waals surface area contributed by atoms with Gasteiger partial charge in [0.05, 0.1) is 18.8 Å². The molecule has 4 rings (SSSR count). The highest BCUT2D eigenvalue weighted by Crippen LogP contribution is 2.41. The van der Waals surface area contributed by atoms with Crippen molar-refractivity contribution in [3.8, 4) is 0 Å². The minimum Gasteiger partial charge on any atom is -0.359 e. The van der Waals surface area contributed by atoms with E-state index in [0.29, 0.717) is 6.61 Å². The minimum absolute atomic E-state index is 0.00556. The van der Waals surface area contributed by atoms with Crippen molar-refractivity contribution >= 4 is 0 Å². The van der Waals surface area contributed by atoms with Crippen LogP contribution in [-0.2, 0) is 35.0 Å². The van der Waals surface area contributed by atoms with E-state index in [9.17, 15) is 0 Å². The van der Waals surface area contributed by atoms with Gasteiger partial charge >= 0.3 is 0 Å². The molecule has 3 aliphatic heterocycles. The summed E-state index contributed by atoms with van der Waals surface area (Å²) in [5.74, 6) is -1.31. The topological polar surface area (TPSA) is 58.6 Å². The number of rotatable bonds is 7. The molecule has 0 N–H and O–H groups in total. The highest BCUT2D eigenvalue weighted by molar-refractivity contribution is 5.15. The van der Waals surface area contributed by atoms with E-state index in [1.54, 1.807) is 7.11 Å². The quantitative estimate of drug-likeness (QED) is 0.628. The van der Waals surface area contributed by atoms with Crippen LogP contribution in [0.5, 0.6) is 0 Å². The maximum atomic E-state index is 6.48. The Hall–Kier alpha value is -1.06. The summed E-state index contributed by atoms with van der Waals surface area (Å²) in [7, 11) is 1.65. The molecule has 3 heterocycles. The van der Waals surface area contributed by atoms with E-state index in [1.807, 2.05) is 33.8 Å². The predicted molar refractivity (Wildman–Crippen MR) is 111 cm³/mol. The normalized spacial score (nSPS) is 35.8. The zero-order chi connectivity index (χ0) is 21.4. The Labute approximate surface area is 179 Å². The molecule has 3 saturated heterocycles. The van der Waals surface area contributed by atoms with Crippen LogP contribution in [0.3, 0.4) is 0 Å². The predicted octanol–water partition coefficient (Wildman–Crippen LogP) is 2.92. The van der Waals surface area contributed by atoms with Crippen molar-refractivity contribution in [2.45, 2.75) is 82.7 Å². The maximum absolute atomic E-state index is 6.48. The fraction of sp³-hybridized carbons (Fsp3) is 0.739. The second-order valence-corrected chi connectivity index (χ2v) is 9.28. The van der Waals surface area contributed by atoms with Crippen molar-refractivity contribution < 1.29 is 28.4 Å². The molecule has 5 atom stereocenters. The van der Waals surface area contributed by atoms with Crippen LogP contribution in [0.2, 0.25) is 0 Å². The summed E-state index contributed by atoms with van der Waals surface area (Å²) >= 11 is 0. The van der Waals surface area contributed by atoms with Crippen molar-refractivity contribution in [2.24, 2.45) is 0 Å². The third kappa shape index (κ3) is 4.88. The molecule has 0 amide bonds. The van der Waals surface area contributed by atoms with Gasteiger partial charge in [-0.05, 0) is 39.7 Å². The van der Waals surface area contributed by atoms with Gasteiger partial charge in [0.25, 0.3) is 0 Å². The van der Waals surface area contributed by atoms with E-state index in [-0.39, 0.29) is 37.3 Å². The highest BCUT2D eigenvalue weighted by Gasteiger charge is 2.56. The molecule has 0 aliphatic carbocycles. The van der Waals surface area contributed by atoms with Crippen LogP contribution in [-0.4, -0.2) is 74.0 Å². The van der Waals surface area contributed by atoms with Crippen LogP contribution in [0, 0.1) is 0 Å². The lowest BCUT2D eigenvalue weighted by Gasteiger charge is -2.35. The largest absolute Gasteiger partial charge is 0.359 e. The second kappa shape index (κ2) is 8.82. The smallest absolute Gasteiger partial charge is 0.163 e. The Morgan fingerprint density at radius 2 is 1.73 bits per heavy atom. The Morgan fingerprint density at radius 3 is 2.40 bits per heavy atom. The first kappa shape index (κ1) is 22.1. The van der Waals surface area contributed by atoms with Gasteiger partial charge in [-0.2, -0.15) is 0 Å². The van der Waals surface area contributed by atoms with Gasteiger partial charge in [-0.1, -0.05) is 30.3 Å². The lowest BCUT2D eigenvalue weighted by molar-refractivity contribution is -0.175. The zero-order valence-electron chi connectivity index (χ0n) is 18.7. The molecule has 30 heavy (non-hydrogen) atoms. The molecule has 0 bridgehead atoms. The first-order chi connectivity index (χ1) is 14.3. The number of benzene rings is 1. The lowest BCUT2D eigenvalue weighted by atomic mass is 9.97. The van der Waals surface area contributed by atoms with E-state index in [2.05, 4.69) is 29.2 Å². The van der Waals surface area contributed by atoms with Gasteiger partial charge in [0.2, 0.25) is 0 Å². The molecule has 5 unspecified atom stereocenters. The summed E-state index contributed by atoms with van der Waals surface area (Å²) in [6.45, 7) is 10.3. The number of hydrogen-bond acceptors (Lipinski definition) is 7. The van der Waals surface area contributed by atoms with Crippen molar-refractivity contribution in [1.29, 1.82) is 0 Å². The highest BCUT2D eigenvalue weighted by atomic mass is 16.8. The summed E-state index contributed by atoms with van der Waals surface area (Å²) in [6, 6.07) is 10.5. The molecule has 168 valence electrons. The van der Waals surface area contributed by atoms with Crippen LogP contribution in [0.4, 0.5) is 0 Å². The fourth-order valence-corrected chi connectivity index (χ4v) is 4.85. The SMILES string of the molecule is COCOC1CCN(Cc2ccccc2)C1C1OC(C)(C)OC1C1COC(C)(C)O1. The molecular formula is C23H35NO6. The van der Waals surface area contributed by atoms with Crippen LogP contribution in [0.1, 0.15) is 39.7 Å². The molecule has 0 spiro atoms. The molecule has 0 aromatic heterocycles. The van der Waals surface area contributed by atoms with E-state index in [0.717, 1.165) is 19.5 Å². The van der Waals surface area contributed by atoms with Crippen molar-refractivity contribution in [3.05, 3.63) is 35.9 Å². The summed E-state index contributed by atoms with van der Waals surface area (Å²) in [4.78, 5) is 2.44. The third-order valence-corrected chi connectivity index (χ3v) is 6.03. The first-order valence-electron chi connectivity index (χ1n) is 10.8. The monoisotopic (exact) mass is 421 g/mol. The van der Waals surface area contributed by atoms with Gasteiger partial charge in [-0.3, -0.25) is 4.90 Å². The minimum atomic E-state index is -0.696. The van der Waals surface area contributed by atoms with Gasteiger partial charge in [0, 0.05) is 20.2 Å². The Balaban J connectivity index is 1.58. The molecule has 1 aromatic rings. The van der Waals surface area contributed by atoms with Gasteiger partial charge in [-0.25, -0.2) is 0 Å². The first-order valence-corrected chi connectivity index (χ1v) is 10.8. The van der Waals surface area contributed by atoms with Crippen LogP contribution >= 0.6 is 0 Å². The van der Waals surface area contributed by atoms with Crippen molar-refractivity contribution in [1.82, 2.24) is 4.90 Å². The molecule has 0 saturated carbocycles. The third-order valence-electron chi connectivity index (χ3n) is 6.03. The van der Waals surface area contributed by atoms with Crippen LogP contribution in [0.15, 0.2) is 30.3 Å². The van der Waals surface area contributed by atoms with Gasteiger partial charge < -0.3 is 28.4 Å². The molecular weight excluding hydrogens is 386 g/mol. The Bertz CT molecular complexity index is 696. The number of methoxy groups -OCH3 is 1. The van der Waals surface area contributed by atoms with Crippen LogP contribution in [0.25, 0.3) is 0 Å². The number of nitrogens with zero attached hydrogens (tertiary/aromatic N) is 1. The van der Waals surface area contributed by atoms with Gasteiger partial charge in [-0.15, -0.1) is 0 Å². The van der Waals surface area contributed by atoms with E-state index < -0.39 is 11.6 Å². The summed E-state index contributed by atoms with van der Waals surface area (Å²) in [5.41, 5.74) is 1.27. The molecule has 3 fully saturated rings. The second-order valence-electron chi connectivity index (χ2n) is 9.28. The maximum Gasteiger partial charge on any atom is 0.163 e. The van der Waals surface area contributed by atoms with Gasteiger partial charge in [0.1, 0.15) is 25.1 Å². The Morgan fingerprint density at radius 1 is 1.00 bits per heavy atom. The summed E-state index contributed by atoms with van der Waals surface area (Å²) in [5, 5.41) is 0. The average molecular weight is 422 g/mol. The average Bonchev–Trinajstić information content (AvgIpc) is 3.35. The molecule has 1 aromatic carbocycles. The standard InChI is InChI=1S/C23H35NO6/c1-22(2)27-14-18(28-22)20-21(30-23(3,4)29-20)19-17(26-15-25-5)11-12-24(19)13-16-9-7-6-8-10-16/h6-10,17-21H,11-15H2,1-5H3. The van der Waals surface area contributed by atoms with E-state index in [1.165, 1.54) is 5.56 Å². The molecule has 3 aliphatic rings. The number of likely N-dealkylation sites (tertiary alicyclic amines) is 1. The molecule has 0 radical (unpaired) electrons. The van der Waals surface area contributed by atoms with Crippen LogP contribution < -0.4 is 0 Å². The lowest BCUT2D eigenvalue weighted by Crippen LogP contribution is -2.53. The van der Waals surface area contributed by atoms with Crippen molar-refractivity contribution in [3.63, 3.8) is 0 Å². The molecule has 7 nitrogen and oxygen atoms in total. The Kier molecular flexibility index (Phi) is 6.51. The number of ether oxygens (including phenoxy) is 6. The number of hydrogen-bond donors (Lipinski definition) is 0. The van der Waals surface area contributed by atoms with Gasteiger partial charge in [0.15, 0.2) is 11.6 Å². The van der Waals surface area contributed by atoms with E-state index in [4.69, 9.17) is 28.4 Å². The zero-order valence-corrected chi connectivity index (χ0v) is 18.7. The fourth-order valence-electron chi connectivity index (χ4n) is 4.85.